The van der Waals surface area contributed by atoms with Gasteiger partial charge in [-0.15, -0.1) is 0 Å². The van der Waals surface area contributed by atoms with Gasteiger partial charge < -0.3 is 9.47 Å². The summed E-state index contributed by atoms with van der Waals surface area (Å²) in [7, 11) is 0. The normalized spacial score (nSPS) is 24.7. The second-order valence-corrected chi connectivity index (χ2v) is 13.0. The molecule has 0 N–H and O–H groups in total. The SMILES string of the molecule is CC(C)(C[C@@H]1N2[C@@H](C(=O)OC2(C)C)[C@H](c2cccc(Cl)c2F)[C@@]1(C#N)c1ccc(Cl)cc1F)C(=O)OCc1ccccc1. The van der Waals surface area contributed by atoms with Crippen molar-refractivity contribution in [2.24, 2.45) is 5.41 Å². The number of fused-ring (bicyclic) bond motifs is 1. The Morgan fingerprint density at radius 2 is 1.79 bits per heavy atom. The van der Waals surface area contributed by atoms with Crippen molar-refractivity contribution in [3.63, 3.8) is 0 Å². The highest BCUT2D eigenvalue weighted by molar-refractivity contribution is 6.31. The van der Waals surface area contributed by atoms with Crippen LogP contribution < -0.4 is 0 Å². The Balaban J connectivity index is 1.70. The van der Waals surface area contributed by atoms with E-state index in [0.717, 1.165) is 11.6 Å². The van der Waals surface area contributed by atoms with E-state index in [9.17, 15) is 14.9 Å². The average molecular weight is 628 g/mol. The van der Waals surface area contributed by atoms with E-state index in [2.05, 4.69) is 6.07 Å². The van der Waals surface area contributed by atoms with Crippen LogP contribution in [-0.2, 0) is 31.1 Å². The molecule has 2 heterocycles. The van der Waals surface area contributed by atoms with Crippen LogP contribution in [0.25, 0.3) is 0 Å². The zero-order valence-electron chi connectivity index (χ0n) is 24.0. The van der Waals surface area contributed by atoms with E-state index in [4.69, 9.17) is 32.7 Å². The Bertz CT molecular complexity index is 1620. The second-order valence-electron chi connectivity index (χ2n) is 12.1. The van der Waals surface area contributed by atoms with Gasteiger partial charge in [0.1, 0.15) is 29.7 Å². The molecule has 0 spiro atoms. The molecule has 224 valence electrons. The van der Waals surface area contributed by atoms with Crippen molar-refractivity contribution in [2.75, 3.05) is 0 Å². The molecule has 2 aliphatic rings. The summed E-state index contributed by atoms with van der Waals surface area (Å²) in [6, 6.07) is 17.4. The summed E-state index contributed by atoms with van der Waals surface area (Å²) in [5.74, 6) is -4.15. The number of ether oxygens (including phenoxy) is 2. The predicted molar refractivity (Wildman–Crippen MR) is 157 cm³/mol. The van der Waals surface area contributed by atoms with Gasteiger partial charge in [0.25, 0.3) is 0 Å². The van der Waals surface area contributed by atoms with Gasteiger partial charge in [0.2, 0.25) is 0 Å². The van der Waals surface area contributed by atoms with Crippen LogP contribution in [-0.4, -0.2) is 34.6 Å². The highest BCUT2D eigenvalue weighted by Crippen LogP contribution is 2.60. The predicted octanol–water partition coefficient (Wildman–Crippen LogP) is 7.32. The first-order chi connectivity index (χ1) is 20.2. The number of halogens is 4. The minimum atomic E-state index is -1.89. The second kappa shape index (κ2) is 11.2. The third-order valence-electron chi connectivity index (χ3n) is 8.53. The molecule has 10 heteroatoms. The van der Waals surface area contributed by atoms with Crippen molar-refractivity contribution in [2.45, 2.75) is 69.9 Å². The van der Waals surface area contributed by atoms with E-state index in [1.807, 2.05) is 30.3 Å². The molecule has 0 unspecified atom stereocenters. The fraction of sp³-hybridized carbons (Fsp3) is 0.364. The zero-order valence-corrected chi connectivity index (χ0v) is 25.5. The molecule has 2 saturated heterocycles. The largest absolute Gasteiger partial charge is 0.460 e. The van der Waals surface area contributed by atoms with Gasteiger partial charge in [-0.1, -0.05) is 71.7 Å². The summed E-state index contributed by atoms with van der Waals surface area (Å²) in [6.07, 6.45) is -0.0640. The molecule has 5 rings (SSSR count). The molecule has 0 aromatic heterocycles. The standard InChI is InChI=1S/C33H30Cl2F2N2O4/c1-31(2,30(41)42-17-19-9-6-5-7-10-19)16-25-33(18-38,22-14-13-20(34)15-24(22)36)26(21-11-8-12-23(35)27(21)37)28-29(40)43-32(3,4)39(25)28/h5-15,25-26,28H,16-17H2,1-4H3/t25-,26-,28+,33-/m0/s1. The summed E-state index contributed by atoms with van der Waals surface area (Å²) < 4.78 is 43.2. The van der Waals surface area contributed by atoms with Crippen LogP contribution in [0.5, 0.6) is 0 Å². The van der Waals surface area contributed by atoms with Gasteiger partial charge in [0, 0.05) is 22.5 Å². The number of benzene rings is 3. The third kappa shape index (κ3) is 5.18. The van der Waals surface area contributed by atoms with Crippen molar-refractivity contribution in [1.82, 2.24) is 4.90 Å². The fourth-order valence-corrected chi connectivity index (χ4v) is 6.99. The summed E-state index contributed by atoms with van der Waals surface area (Å²) in [5, 5.41) is 11.0. The molecule has 0 saturated carbocycles. The van der Waals surface area contributed by atoms with Crippen LogP contribution in [0.15, 0.2) is 66.7 Å². The molecule has 4 atom stereocenters. The number of carbonyl (C=O) groups is 2. The molecular formula is C33H30Cl2F2N2O4. The summed E-state index contributed by atoms with van der Waals surface area (Å²) in [6.45, 7) is 6.65. The molecule has 6 nitrogen and oxygen atoms in total. The lowest BCUT2D eigenvalue weighted by Crippen LogP contribution is -2.53. The zero-order chi connectivity index (χ0) is 31.3. The monoisotopic (exact) mass is 626 g/mol. The number of nitriles is 1. The molecule has 3 aromatic carbocycles. The lowest BCUT2D eigenvalue weighted by atomic mass is 9.62. The molecular weight excluding hydrogens is 597 g/mol. The van der Waals surface area contributed by atoms with Gasteiger partial charge >= 0.3 is 11.9 Å². The summed E-state index contributed by atoms with van der Waals surface area (Å²) in [4.78, 5) is 28.8. The number of rotatable bonds is 7. The molecule has 0 amide bonds. The minimum absolute atomic E-state index is 0.0265. The number of hydrogen-bond donors (Lipinski definition) is 0. The van der Waals surface area contributed by atoms with Crippen molar-refractivity contribution < 1.29 is 27.8 Å². The maximum absolute atomic E-state index is 16.0. The van der Waals surface area contributed by atoms with Crippen LogP contribution in [0.3, 0.4) is 0 Å². The van der Waals surface area contributed by atoms with Crippen molar-refractivity contribution in [1.29, 1.82) is 5.26 Å². The Morgan fingerprint density at radius 1 is 1.09 bits per heavy atom. The lowest BCUT2D eigenvalue weighted by Gasteiger charge is -2.42. The molecule has 2 aliphatic heterocycles. The van der Waals surface area contributed by atoms with E-state index in [0.29, 0.717) is 0 Å². The highest BCUT2D eigenvalue weighted by atomic mass is 35.5. The first-order valence-corrected chi connectivity index (χ1v) is 14.5. The van der Waals surface area contributed by atoms with E-state index >= 15 is 8.78 Å². The third-order valence-corrected chi connectivity index (χ3v) is 9.06. The van der Waals surface area contributed by atoms with Crippen molar-refractivity contribution in [3.05, 3.63) is 105 Å². The van der Waals surface area contributed by atoms with Gasteiger partial charge in [-0.05, 0) is 63.4 Å². The average Bonchev–Trinajstić information content (AvgIpc) is 3.37. The van der Waals surface area contributed by atoms with Crippen LogP contribution in [0, 0.1) is 28.4 Å². The molecule has 0 radical (unpaired) electrons. The number of cyclic esters (lactones) is 1. The van der Waals surface area contributed by atoms with Gasteiger partial charge in [-0.25, -0.2) is 13.7 Å². The van der Waals surface area contributed by atoms with Crippen LogP contribution >= 0.6 is 23.2 Å². The molecule has 0 aliphatic carbocycles. The van der Waals surface area contributed by atoms with E-state index in [1.165, 1.54) is 30.3 Å². The number of esters is 2. The van der Waals surface area contributed by atoms with E-state index in [-0.39, 0.29) is 34.2 Å². The smallest absolute Gasteiger partial charge is 0.325 e. The maximum atomic E-state index is 16.0. The number of carbonyl (C=O) groups excluding carboxylic acids is 2. The lowest BCUT2D eigenvalue weighted by molar-refractivity contribution is -0.160. The van der Waals surface area contributed by atoms with Gasteiger partial charge in [-0.2, -0.15) is 5.26 Å². The summed E-state index contributed by atoms with van der Waals surface area (Å²) in [5.41, 5.74) is -3.75. The Labute approximate surface area is 259 Å². The first-order valence-electron chi connectivity index (χ1n) is 13.8. The fourth-order valence-electron chi connectivity index (χ4n) is 6.65. The minimum Gasteiger partial charge on any atom is -0.460 e. The Morgan fingerprint density at radius 3 is 2.44 bits per heavy atom. The highest BCUT2D eigenvalue weighted by Gasteiger charge is 2.71. The van der Waals surface area contributed by atoms with Gasteiger partial charge in [0.15, 0.2) is 5.72 Å². The maximum Gasteiger partial charge on any atom is 0.325 e. The van der Waals surface area contributed by atoms with Crippen molar-refractivity contribution >= 4 is 35.1 Å². The van der Waals surface area contributed by atoms with Crippen molar-refractivity contribution in [3.8, 4) is 6.07 Å². The number of hydrogen-bond acceptors (Lipinski definition) is 6. The van der Waals surface area contributed by atoms with E-state index < -0.39 is 58.1 Å². The van der Waals surface area contributed by atoms with Crippen LogP contribution in [0.4, 0.5) is 8.78 Å². The van der Waals surface area contributed by atoms with Gasteiger partial charge in [0.05, 0.1) is 16.5 Å². The van der Waals surface area contributed by atoms with Gasteiger partial charge in [-0.3, -0.25) is 9.59 Å². The molecule has 43 heavy (non-hydrogen) atoms. The Hall–Kier alpha value is -3.51. The quantitative estimate of drug-likeness (QED) is 0.256. The Kier molecular flexibility index (Phi) is 8.06. The number of nitrogens with zero attached hydrogens (tertiary/aromatic N) is 2. The topological polar surface area (TPSA) is 79.6 Å². The molecule has 0 bridgehead atoms. The molecule has 3 aromatic rings. The molecule has 2 fully saturated rings. The van der Waals surface area contributed by atoms with Crippen LogP contribution in [0.1, 0.15) is 56.7 Å². The van der Waals surface area contributed by atoms with E-state index in [1.54, 1.807) is 32.6 Å². The first kappa shape index (κ1) is 30.9. The van der Waals surface area contributed by atoms with Crippen LogP contribution in [0.2, 0.25) is 10.0 Å². The summed E-state index contributed by atoms with van der Waals surface area (Å²) >= 11 is 12.3.